The largest absolute Gasteiger partial charge is 0.330 e. The van der Waals surface area contributed by atoms with Crippen LogP contribution in [0, 0.1) is 12.7 Å². The fourth-order valence-corrected chi connectivity index (χ4v) is 2.14. The molecule has 1 heterocycles. The first-order valence-corrected chi connectivity index (χ1v) is 5.62. The van der Waals surface area contributed by atoms with Crippen molar-refractivity contribution in [2.24, 2.45) is 12.8 Å². The molecule has 1 aromatic heterocycles. The fraction of sp³-hybridized carbons (Fsp3) is 0.308. The molecule has 0 fully saturated rings. The van der Waals surface area contributed by atoms with Crippen molar-refractivity contribution in [3.63, 3.8) is 0 Å². The zero-order valence-electron chi connectivity index (χ0n) is 10.1. The zero-order valence-corrected chi connectivity index (χ0v) is 10.1. The lowest BCUT2D eigenvalue weighted by molar-refractivity contribution is 0.627. The Balaban J connectivity index is 2.62. The number of nitrogens with two attached hydrogens (primary N) is 1. The molecule has 17 heavy (non-hydrogen) atoms. The highest BCUT2D eigenvalue weighted by molar-refractivity contribution is 5.65. The van der Waals surface area contributed by atoms with E-state index in [1.165, 1.54) is 6.07 Å². The first kappa shape index (κ1) is 11.8. The van der Waals surface area contributed by atoms with Gasteiger partial charge in [-0.1, -0.05) is 12.1 Å². The van der Waals surface area contributed by atoms with E-state index < -0.39 is 0 Å². The second-order valence-electron chi connectivity index (χ2n) is 4.05. The van der Waals surface area contributed by atoms with Gasteiger partial charge in [0.2, 0.25) is 0 Å². The Kier molecular flexibility index (Phi) is 3.24. The van der Waals surface area contributed by atoms with Gasteiger partial charge in [0.15, 0.2) is 0 Å². The smallest absolute Gasteiger partial charge is 0.132 e. The van der Waals surface area contributed by atoms with Gasteiger partial charge in [0.05, 0.1) is 11.4 Å². The Labute approximate surface area is 100 Å². The van der Waals surface area contributed by atoms with E-state index in [4.69, 9.17) is 5.73 Å². The molecule has 0 unspecified atom stereocenters. The van der Waals surface area contributed by atoms with E-state index in [0.29, 0.717) is 18.5 Å². The predicted octanol–water partition coefficient (Wildman–Crippen LogP) is 2.04. The van der Waals surface area contributed by atoms with Crippen molar-refractivity contribution in [2.75, 3.05) is 6.54 Å². The predicted molar refractivity (Wildman–Crippen MR) is 66.1 cm³/mol. The molecule has 0 saturated carbocycles. The van der Waals surface area contributed by atoms with Crippen LogP contribution in [0.25, 0.3) is 11.3 Å². The molecule has 0 radical (unpaired) electrons. The van der Waals surface area contributed by atoms with Gasteiger partial charge in [0.25, 0.3) is 0 Å². The summed E-state index contributed by atoms with van der Waals surface area (Å²) in [5, 5.41) is 4.34. The molecular weight excluding hydrogens is 217 g/mol. The average Bonchev–Trinajstić information content (AvgIpc) is 2.56. The van der Waals surface area contributed by atoms with Crippen LogP contribution in [0.3, 0.4) is 0 Å². The zero-order chi connectivity index (χ0) is 12.4. The molecule has 0 saturated heterocycles. The molecule has 0 atom stereocenters. The molecule has 0 amide bonds. The van der Waals surface area contributed by atoms with Crippen molar-refractivity contribution >= 4 is 0 Å². The van der Waals surface area contributed by atoms with Gasteiger partial charge in [0, 0.05) is 18.2 Å². The van der Waals surface area contributed by atoms with Gasteiger partial charge < -0.3 is 5.73 Å². The van der Waals surface area contributed by atoms with Crippen LogP contribution < -0.4 is 5.73 Å². The Morgan fingerprint density at radius 1 is 1.35 bits per heavy atom. The Morgan fingerprint density at radius 3 is 2.71 bits per heavy atom. The first-order valence-electron chi connectivity index (χ1n) is 5.62. The van der Waals surface area contributed by atoms with Crippen molar-refractivity contribution < 1.29 is 4.39 Å². The molecule has 3 nitrogen and oxygen atoms in total. The number of aromatic nitrogens is 2. The first-order chi connectivity index (χ1) is 8.15. The van der Waals surface area contributed by atoms with Crippen molar-refractivity contribution in [2.45, 2.75) is 13.3 Å². The number of halogens is 1. The molecule has 0 aliphatic carbocycles. The van der Waals surface area contributed by atoms with Gasteiger partial charge in [-0.05, 0) is 32.0 Å². The van der Waals surface area contributed by atoms with E-state index in [-0.39, 0.29) is 5.82 Å². The maximum atomic E-state index is 13.8. The lowest BCUT2D eigenvalue weighted by Crippen LogP contribution is -2.05. The molecule has 0 aliphatic rings. The third-order valence-electron chi connectivity index (χ3n) is 2.87. The van der Waals surface area contributed by atoms with Crippen LogP contribution in [0.15, 0.2) is 24.3 Å². The Morgan fingerprint density at radius 2 is 2.06 bits per heavy atom. The lowest BCUT2D eigenvalue weighted by atomic mass is 10.0. The van der Waals surface area contributed by atoms with Crippen LogP contribution in [0.4, 0.5) is 4.39 Å². The van der Waals surface area contributed by atoms with Crippen LogP contribution in [-0.4, -0.2) is 16.3 Å². The van der Waals surface area contributed by atoms with Crippen molar-refractivity contribution in [1.29, 1.82) is 0 Å². The summed E-state index contributed by atoms with van der Waals surface area (Å²) in [6.07, 6.45) is 0.712. The highest BCUT2D eigenvalue weighted by atomic mass is 19.1. The number of benzene rings is 1. The molecule has 1 aromatic carbocycles. The van der Waals surface area contributed by atoms with Crippen LogP contribution in [0.2, 0.25) is 0 Å². The third kappa shape index (κ3) is 2.08. The van der Waals surface area contributed by atoms with Gasteiger partial charge in [-0.25, -0.2) is 4.39 Å². The van der Waals surface area contributed by atoms with Gasteiger partial charge >= 0.3 is 0 Å². The summed E-state index contributed by atoms with van der Waals surface area (Å²) >= 11 is 0. The minimum atomic E-state index is -0.228. The molecular formula is C13H16FN3. The van der Waals surface area contributed by atoms with Crippen LogP contribution in [0.5, 0.6) is 0 Å². The summed E-state index contributed by atoms with van der Waals surface area (Å²) in [6, 6.07) is 6.74. The topological polar surface area (TPSA) is 43.8 Å². The van der Waals surface area contributed by atoms with Crippen LogP contribution in [0.1, 0.15) is 11.3 Å². The molecule has 2 aromatic rings. The molecule has 90 valence electrons. The number of hydrogen-bond acceptors (Lipinski definition) is 2. The molecule has 0 spiro atoms. The standard InChI is InChI=1S/C13H16FN3/c1-9-10(7-8-15)13(17(2)16-9)11-5-3-4-6-12(11)14/h3-6H,7-8,15H2,1-2H3. The lowest BCUT2D eigenvalue weighted by Gasteiger charge is -2.07. The summed E-state index contributed by atoms with van der Waals surface area (Å²) < 4.78 is 15.5. The maximum Gasteiger partial charge on any atom is 0.132 e. The number of rotatable bonds is 3. The highest BCUT2D eigenvalue weighted by Gasteiger charge is 2.16. The van der Waals surface area contributed by atoms with Crippen molar-refractivity contribution in [3.05, 3.63) is 41.3 Å². The maximum absolute atomic E-state index is 13.8. The summed E-state index contributed by atoms with van der Waals surface area (Å²) in [4.78, 5) is 0. The van der Waals surface area contributed by atoms with Crippen LogP contribution >= 0.6 is 0 Å². The molecule has 4 heteroatoms. The second-order valence-corrected chi connectivity index (χ2v) is 4.05. The fourth-order valence-electron chi connectivity index (χ4n) is 2.14. The summed E-state index contributed by atoms with van der Waals surface area (Å²) in [5.74, 6) is -0.228. The van der Waals surface area contributed by atoms with Gasteiger partial charge in [-0.15, -0.1) is 0 Å². The third-order valence-corrected chi connectivity index (χ3v) is 2.87. The quantitative estimate of drug-likeness (QED) is 0.881. The molecule has 0 aliphatic heterocycles. The Bertz CT molecular complexity index is 531. The summed E-state index contributed by atoms with van der Waals surface area (Å²) in [5.41, 5.74) is 8.94. The number of hydrogen-bond donors (Lipinski definition) is 1. The van der Waals surface area contributed by atoms with Gasteiger partial charge in [-0.3, -0.25) is 4.68 Å². The van der Waals surface area contributed by atoms with Crippen molar-refractivity contribution in [1.82, 2.24) is 9.78 Å². The minimum absolute atomic E-state index is 0.228. The number of aryl methyl sites for hydroxylation is 2. The van der Waals surface area contributed by atoms with E-state index in [1.54, 1.807) is 16.8 Å². The van der Waals surface area contributed by atoms with E-state index in [9.17, 15) is 4.39 Å². The van der Waals surface area contributed by atoms with Crippen molar-refractivity contribution in [3.8, 4) is 11.3 Å². The summed E-state index contributed by atoms with van der Waals surface area (Å²) in [7, 11) is 1.83. The van der Waals surface area contributed by atoms with E-state index in [1.807, 2.05) is 20.0 Å². The molecule has 2 N–H and O–H groups in total. The SMILES string of the molecule is Cc1nn(C)c(-c2ccccc2F)c1CCN. The molecule has 2 rings (SSSR count). The average molecular weight is 233 g/mol. The van der Waals surface area contributed by atoms with E-state index >= 15 is 0 Å². The second kappa shape index (κ2) is 4.67. The minimum Gasteiger partial charge on any atom is -0.330 e. The van der Waals surface area contributed by atoms with E-state index in [2.05, 4.69) is 5.10 Å². The van der Waals surface area contributed by atoms with E-state index in [0.717, 1.165) is 17.0 Å². The monoisotopic (exact) mass is 233 g/mol. The highest BCUT2D eigenvalue weighted by Crippen LogP contribution is 2.27. The van der Waals surface area contributed by atoms with Crippen LogP contribution in [-0.2, 0) is 13.5 Å². The number of nitrogens with zero attached hydrogens (tertiary/aromatic N) is 2. The summed E-state index contributed by atoms with van der Waals surface area (Å²) in [6.45, 7) is 2.46. The van der Waals surface area contributed by atoms with Gasteiger partial charge in [0.1, 0.15) is 5.82 Å². The molecule has 0 bridgehead atoms. The van der Waals surface area contributed by atoms with Gasteiger partial charge in [-0.2, -0.15) is 5.10 Å². The Hall–Kier alpha value is -1.68. The normalized spacial score (nSPS) is 10.8.